The zero-order valence-corrected chi connectivity index (χ0v) is 12.1. The van der Waals surface area contributed by atoms with E-state index in [1.165, 1.54) is 22.7 Å². The van der Waals surface area contributed by atoms with Gasteiger partial charge >= 0.3 is 0 Å². The molecule has 0 amide bonds. The first-order valence-corrected chi connectivity index (χ1v) is 7.73. The summed E-state index contributed by atoms with van der Waals surface area (Å²) < 4.78 is 31.7. The van der Waals surface area contributed by atoms with Gasteiger partial charge in [-0.1, -0.05) is 6.07 Å². The number of hydrogen-bond donors (Lipinski definition) is 1. The Morgan fingerprint density at radius 2 is 2.10 bits per heavy atom. The quantitative estimate of drug-likeness (QED) is 0.822. The average molecular weight is 305 g/mol. The molecular weight excluding hydrogens is 290 g/mol. The van der Waals surface area contributed by atoms with E-state index in [1.807, 2.05) is 6.07 Å². The molecule has 0 saturated carbocycles. The number of nitrogen functional groups attached to an aromatic ring is 1. The average Bonchev–Trinajstić information content (AvgIpc) is 2.96. The summed E-state index contributed by atoms with van der Waals surface area (Å²) in [6, 6.07) is 11.4. The van der Waals surface area contributed by atoms with Crippen molar-refractivity contribution in [1.29, 1.82) is 5.26 Å². The molecule has 1 aromatic heterocycles. The molecule has 0 aliphatic heterocycles. The summed E-state index contributed by atoms with van der Waals surface area (Å²) in [5, 5.41) is 8.71. The second-order valence-electron chi connectivity index (χ2n) is 4.40. The number of rotatable bonds is 6. The predicted molar refractivity (Wildman–Crippen MR) is 77.4 cm³/mol. The van der Waals surface area contributed by atoms with E-state index in [4.69, 9.17) is 15.4 Å². The van der Waals surface area contributed by atoms with Gasteiger partial charge in [0.15, 0.2) is 0 Å². The van der Waals surface area contributed by atoms with Crippen LogP contribution in [0.5, 0.6) is 0 Å². The van der Waals surface area contributed by atoms with Crippen molar-refractivity contribution in [3.8, 4) is 6.07 Å². The molecule has 6 nitrogen and oxygen atoms in total. The van der Waals surface area contributed by atoms with Crippen LogP contribution in [-0.2, 0) is 16.6 Å². The van der Waals surface area contributed by atoms with Crippen LogP contribution in [0.2, 0.25) is 0 Å². The van der Waals surface area contributed by atoms with Gasteiger partial charge in [0.05, 0.1) is 23.8 Å². The standard InChI is InChI=1S/C14H15N3O3S/c15-7-3-8-17(11-13-5-2-9-20-13)21(18,19)14-6-1-4-12(16)10-14/h1-2,4-6,9-10H,3,8,11,16H2. The number of anilines is 1. The monoisotopic (exact) mass is 305 g/mol. The minimum atomic E-state index is -3.73. The van der Waals surface area contributed by atoms with Crippen LogP contribution in [0.1, 0.15) is 12.2 Å². The lowest BCUT2D eigenvalue weighted by Crippen LogP contribution is -2.31. The Hall–Kier alpha value is -2.30. The van der Waals surface area contributed by atoms with E-state index < -0.39 is 10.0 Å². The number of nitrogens with two attached hydrogens (primary N) is 1. The summed E-state index contributed by atoms with van der Waals surface area (Å²) in [5.74, 6) is 0.514. The maximum atomic E-state index is 12.6. The van der Waals surface area contributed by atoms with E-state index in [9.17, 15) is 8.42 Å². The van der Waals surface area contributed by atoms with Gasteiger partial charge in [0.2, 0.25) is 10.0 Å². The van der Waals surface area contributed by atoms with Gasteiger partial charge in [0, 0.05) is 18.7 Å². The van der Waals surface area contributed by atoms with Crippen LogP contribution >= 0.6 is 0 Å². The predicted octanol–water partition coefficient (Wildman–Crippen LogP) is 1.97. The SMILES string of the molecule is N#CCCN(Cc1ccco1)S(=O)(=O)c1cccc(N)c1. The molecule has 0 aliphatic rings. The Balaban J connectivity index is 2.32. The van der Waals surface area contributed by atoms with Gasteiger partial charge in [0.25, 0.3) is 0 Å². The summed E-state index contributed by atoms with van der Waals surface area (Å²) in [4.78, 5) is 0.104. The molecule has 0 unspecified atom stereocenters. The Labute approximate surface area is 123 Å². The lowest BCUT2D eigenvalue weighted by Gasteiger charge is -2.20. The van der Waals surface area contributed by atoms with Crippen molar-refractivity contribution < 1.29 is 12.8 Å². The van der Waals surface area contributed by atoms with Crippen LogP contribution in [0.15, 0.2) is 52.0 Å². The molecule has 2 rings (SSSR count). The van der Waals surface area contributed by atoms with E-state index >= 15 is 0 Å². The highest BCUT2D eigenvalue weighted by Gasteiger charge is 2.25. The molecule has 0 aliphatic carbocycles. The van der Waals surface area contributed by atoms with Crippen molar-refractivity contribution in [1.82, 2.24) is 4.31 Å². The van der Waals surface area contributed by atoms with Crippen molar-refractivity contribution in [2.75, 3.05) is 12.3 Å². The van der Waals surface area contributed by atoms with Gasteiger partial charge in [-0.05, 0) is 30.3 Å². The fraction of sp³-hybridized carbons (Fsp3) is 0.214. The normalized spacial score (nSPS) is 11.4. The third-order valence-electron chi connectivity index (χ3n) is 2.88. The summed E-state index contributed by atoms with van der Waals surface area (Å²) in [6.45, 7) is 0.167. The largest absolute Gasteiger partial charge is 0.468 e. The van der Waals surface area contributed by atoms with Gasteiger partial charge in [-0.15, -0.1) is 0 Å². The topological polar surface area (TPSA) is 100 Å². The van der Waals surface area contributed by atoms with Crippen molar-refractivity contribution >= 4 is 15.7 Å². The minimum absolute atomic E-state index is 0.0752. The molecule has 7 heteroatoms. The molecule has 2 N–H and O–H groups in total. The van der Waals surface area contributed by atoms with Gasteiger partial charge in [0.1, 0.15) is 5.76 Å². The Bertz CT molecular complexity index is 733. The third kappa shape index (κ3) is 3.62. The van der Waals surface area contributed by atoms with Crippen molar-refractivity contribution in [2.24, 2.45) is 0 Å². The van der Waals surface area contributed by atoms with Gasteiger partial charge < -0.3 is 10.2 Å². The van der Waals surface area contributed by atoms with Crippen LogP contribution in [0.4, 0.5) is 5.69 Å². The zero-order valence-electron chi connectivity index (χ0n) is 11.3. The first kappa shape index (κ1) is 15.1. The molecule has 1 heterocycles. The molecule has 0 fully saturated rings. The van der Waals surface area contributed by atoms with E-state index in [2.05, 4.69) is 0 Å². The van der Waals surface area contributed by atoms with Crippen molar-refractivity contribution in [3.05, 3.63) is 48.4 Å². The van der Waals surface area contributed by atoms with Crippen LogP contribution in [0.25, 0.3) is 0 Å². The maximum absolute atomic E-state index is 12.6. The highest BCUT2D eigenvalue weighted by Crippen LogP contribution is 2.20. The molecular formula is C14H15N3O3S. The van der Waals surface area contributed by atoms with Crippen molar-refractivity contribution in [2.45, 2.75) is 17.9 Å². The summed E-state index contributed by atoms with van der Waals surface area (Å²) in [7, 11) is -3.73. The number of furan rings is 1. The molecule has 1 aromatic carbocycles. The molecule has 0 radical (unpaired) electrons. The highest BCUT2D eigenvalue weighted by molar-refractivity contribution is 7.89. The van der Waals surface area contributed by atoms with Crippen LogP contribution < -0.4 is 5.73 Å². The molecule has 110 valence electrons. The fourth-order valence-corrected chi connectivity index (χ4v) is 3.32. The van der Waals surface area contributed by atoms with E-state index in [1.54, 1.807) is 24.3 Å². The molecule has 0 saturated heterocycles. The molecule has 0 spiro atoms. The van der Waals surface area contributed by atoms with Gasteiger partial charge in [-0.3, -0.25) is 0 Å². The molecule has 21 heavy (non-hydrogen) atoms. The smallest absolute Gasteiger partial charge is 0.243 e. The first-order chi connectivity index (χ1) is 10.0. The lowest BCUT2D eigenvalue weighted by molar-refractivity contribution is 0.368. The summed E-state index contributed by atoms with van der Waals surface area (Å²) in [6.07, 6.45) is 1.58. The fourth-order valence-electron chi connectivity index (χ4n) is 1.86. The van der Waals surface area contributed by atoms with Crippen LogP contribution in [-0.4, -0.2) is 19.3 Å². The lowest BCUT2D eigenvalue weighted by atomic mass is 10.3. The number of sulfonamides is 1. The number of nitrogens with zero attached hydrogens (tertiary/aromatic N) is 2. The number of benzene rings is 1. The van der Waals surface area contributed by atoms with E-state index in [-0.39, 0.29) is 24.4 Å². The highest BCUT2D eigenvalue weighted by atomic mass is 32.2. The van der Waals surface area contributed by atoms with Gasteiger partial charge in [-0.25, -0.2) is 8.42 Å². The molecule has 0 atom stereocenters. The van der Waals surface area contributed by atoms with Crippen LogP contribution in [0, 0.1) is 11.3 Å². The third-order valence-corrected chi connectivity index (χ3v) is 4.72. The van der Waals surface area contributed by atoms with E-state index in [0.29, 0.717) is 11.4 Å². The maximum Gasteiger partial charge on any atom is 0.243 e. The Morgan fingerprint density at radius 1 is 1.29 bits per heavy atom. The Kier molecular flexibility index (Phi) is 4.62. The molecule has 2 aromatic rings. The number of hydrogen-bond acceptors (Lipinski definition) is 5. The van der Waals surface area contributed by atoms with Gasteiger partial charge in [-0.2, -0.15) is 9.57 Å². The first-order valence-electron chi connectivity index (χ1n) is 6.29. The van der Waals surface area contributed by atoms with Crippen LogP contribution in [0.3, 0.4) is 0 Å². The number of nitriles is 1. The summed E-state index contributed by atoms with van der Waals surface area (Å²) in [5.41, 5.74) is 6.01. The Morgan fingerprint density at radius 3 is 2.71 bits per heavy atom. The second-order valence-corrected chi connectivity index (χ2v) is 6.34. The van der Waals surface area contributed by atoms with E-state index in [0.717, 1.165) is 0 Å². The van der Waals surface area contributed by atoms with Crippen molar-refractivity contribution in [3.63, 3.8) is 0 Å². The molecule has 0 bridgehead atoms. The summed E-state index contributed by atoms with van der Waals surface area (Å²) >= 11 is 0. The zero-order chi connectivity index (χ0) is 15.3. The minimum Gasteiger partial charge on any atom is -0.468 e. The second kappa shape index (κ2) is 6.43.